The Morgan fingerprint density at radius 3 is 2.78 bits per heavy atom. The highest BCUT2D eigenvalue weighted by molar-refractivity contribution is 5.94. The van der Waals surface area contributed by atoms with E-state index in [0.717, 1.165) is 30.8 Å². The molecule has 0 aliphatic heterocycles. The van der Waals surface area contributed by atoms with Gasteiger partial charge in [-0.25, -0.2) is 0 Å². The van der Waals surface area contributed by atoms with Gasteiger partial charge in [0, 0.05) is 24.8 Å². The van der Waals surface area contributed by atoms with Crippen molar-refractivity contribution in [3.05, 3.63) is 29.3 Å². The molecular weight excluding hydrogens is 230 g/mol. The first-order valence-corrected chi connectivity index (χ1v) is 6.19. The number of carbonyl (C=O) groups is 1. The second-order valence-electron chi connectivity index (χ2n) is 4.01. The topological polar surface area (TPSA) is 47.6 Å². The van der Waals surface area contributed by atoms with E-state index in [1.807, 2.05) is 6.07 Å². The van der Waals surface area contributed by atoms with Crippen LogP contribution < -0.4 is 10.1 Å². The van der Waals surface area contributed by atoms with Crippen LogP contribution in [0.15, 0.2) is 18.2 Å². The van der Waals surface area contributed by atoms with Crippen molar-refractivity contribution in [2.24, 2.45) is 0 Å². The first-order valence-electron chi connectivity index (χ1n) is 6.19. The second-order valence-corrected chi connectivity index (χ2v) is 4.01. The number of ether oxygens (including phenoxy) is 2. The van der Waals surface area contributed by atoms with Gasteiger partial charge in [0.25, 0.3) is 5.91 Å². The van der Waals surface area contributed by atoms with E-state index in [1.165, 1.54) is 0 Å². The minimum Gasteiger partial charge on any atom is -0.496 e. The molecule has 1 aromatic rings. The zero-order valence-corrected chi connectivity index (χ0v) is 11.3. The van der Waals surface area contributed by atoms with Crippen molar-refractivity contribution in [3.8, 4) is 5.75 Å². The van der Waals surface area contributed by atoms with E-state index in [4.69, 9.17) is 9.47 Å². The molecule has 0 aromatic heterocycles. The monoisotopic (exact) mass is 251 g/mol. The normalized spacial score (nSPS) is 10.2. The molecule has 0 heterocycles. The molecule has 0 unspecified atom stereocenters. The predicted octanol–water partition coefficient (Wildman–Crippen LogP) is 2.37. The van der Waals surface area contributed by atoms with E-state index < -0.39 is 0 Å². The van der Waals surface area contributed by atoms with Crippen molar-refractivity contribution in [2.45, 2.75) is 26.4 Å². The fourth-order valence-corrected chi connectivity index (χ4v) is 1.61. The first-order chi connectivity index (χ1) is 8.72. The number of hydrogen-bond acceptors (Lipinski definition) is 3. The van der Waals surface area contributed by atoms with Crippen LogP contribution in [0.3, 0.4) is 0 Å². The predicted molar refractivity (Wildman–Crippen MR) is 70.9 cm³/mol. The molecule has 0 saturated carbocycles. The van der Waals surface area contributed by atoms with E-state index in [-0.39, 0.29) is 5.91 Å². The standard InChI is InChI=1S/C14H21NO3/c1-4-5-8-18-10-12-9-11(14(16)15-2)6-7-13(12)17-3/h6-7,9H,4-5,8,10H2,1-3H3,(H,15,16). The molecule has 0 aliphatic rings. The maximum Gasteiger partial charge on any atom is 0.251 e. The molecule has 100 valence electrons. The Balaban J connectivity index is 2.75. The second kappa shape index (κ2) is 7.71. The number of unbranched alkanes of at least 4 members (excludes halogenated alkanes) is 1. The minimum absolute atomic E-state index is 0.104. The zero-order valence-electron chi connectivity index (χ0n) is 11.3. The van der Waals surface area contributed by atoms with Crippen molar-refractivity contribution < 1.29 is 14.3 Å². The Kier molecular flexibility index (Phi) is 6.22. The third-order valence-corrected chi connectivity index (χ3v) is 2.67. The fourth-order valence-electron chi connectivity index (χ4n) is 1.61. The average Bonchev–Trinajstić information content (AvgIpc) is 2.42. The zero-order chi connectivity index (χ0) is 13.4. The van der Waals surface area contributed by atoms with E-state index in [0.29, 0.717) is 12.2 Å². The molecule has 0 bridgehead atoms. The molecule has 4 nitrogen and oxygen atoms in total. The molecule has 1 rings (SSSR count). The summed E-state index contributed by atoms with van der Waals surface area (Å²) in [6, 6.07) is 5.35. The maximum absolute atomic E-state index is 11.5. The quantitative estimate of drug-likeness (QED) is 0.757. The lowest BCUT2D eigenvalue weighted by Gasteiger charge is -2.10. The van der Waals surface area contributed by atoms with E-state index >= 15 is 0 Å². The molecule has 1 aromatic carbocycles. The molecule has 0 atom stereocenters. The van der Waals surface area contributed by atoms with E-state index in [2.05, 4.69) is 12.2 Å². The van der Waals surface area contributed by atoms with Crippen LogP contribution in [0.1, 0.15) is 35.7 Å². The lowest BCUT2D eigenvalue weighted by atomic mass is 10.1. The van der Waals surface area contributed by atoms with Crippen molar-refractivity contribution in [3.63, 3.8) is 0 Å². The Labute approximate surface area is 108 Å². The first kappa shape index (κ1) is 14.5. The largest absolute Gasteiger partial charge is 0.496 e. The van der Waals surface area contributed by atoms with Crippen LogP contribution in [0.4, 0.5) is 0 Å². The number of rotatable bonds is 7. The highest BCUT2D eigenvalue weighted by atomic mass is 16.5. The molecule has 0 fully saturated rings. The number of hydrogen-bond donors (Lipinski definition) is 1. The van der Waals surface area contributed by atoms with Crippen molar-refractivity contribution >= 4 is 5.91 Å². The van der Waals surface area contributed by atoms with Crippen LogP contribution in [-0.4, -0.2) is 26.7 Å². The Morgan fingerprint density at radius 2 is 2.17 bits per heavy atom. The summed E-state index contributed by atoms with van der Waals surface area (Å²) in [6.45, 7) is 3.31. The van der Waals surface area contributed by atoms with Crippen molar-refractivity contribution in [2.75, 3.05) is 20.8 Å². The summed E-state index contributed by atoms with van der Waals surface area (Å²) >= 11 is 0. The van der Waals surface area contributed by atoms with Gasteiger partial charge in [0.15, 0.2) is 0 Å². The number of benzene rings is 1. The highest BCUT2D eigenvalue weighted by Gasteiger charge is 2.09. The van der Waals surface area contributed by atoms with Crippen LogP contribution in [0.25, 0.3) is 0 Å². The summed E-state index contributed by atoms with van der Waals surface area (Å²) in [5, 5.41) is 2.60. The summed E-state index contributed by atoms with van der Waals surface area (Å²) in [6.07, 6.45) is 2.15. The lowest BCUT2D eigenvalue weighted by Crippen LogP contribution is -2.18. The number of nitrogens with one attached hydrogen (secondary N) is 1. The Hall–Kier alpha value is -1.55. The van der Waals surface area contributed by atoms with Crippen LogP contribution in [-0.2, 0) is 11.3 Å². The van der Waals surface area contributed by atoms with Gasteiger partial charge in [0.05, 0.1) is 13.7 Å². The molecule has 0 saturated heterocycles. The molecule has 1 N–H and O–H groups in total. The summed E-state index contributed by atoms with van der Waals surface area (Å²) in [5.74, 6) is 0.645. The Morgan fingerprint density at radius 1 is 1.39 bits per heavy atom. The minimum atomic E-state index is -0.104. The SMILES string of the molecule is CCCCOCc1cc(C(=O)NC)ccc1OC. The van der Waals surface area contributed by atoms with Crippen LogP contribution in [0.5, 0.6) is 5.75 Å². The van der Waals surface area contributed by atoms with E-state index in [1.54, 1.807) is 26.3 Å². The summed E-state index contributed by atoms with van der Waals surface area (Å²) in [7, 11) is 3.23. The van der Waals surface area contributed by atoms with Crippen LogP contribution >= 0.6 is 0 Å². The molecule has 18 heavy (non-hydrogen) atoms. The van der Waals surface area contributed by atoms with Gasteiger partial charge in [-0.3, -0.25) is 4.79 Å². The van der Waals surface area contributed by atoms with Crippen molar-refractivity contribution in [1.82, 2.24) is 5.32 Å². The van der Waals surface area contributed by atoms with Gasteiger partial charge in [0.1, 0.15) is 5.75 Å². The van der Waals surface area contributed by atoms with Gasteiger partial charge in [-0.2, -0.15) is 0 Å². The van der Waals surface area contributed by atoms with Gasteiger partial charge in [-0.05, 0) is 24.6 Å². The summed E-state index contributed by atoms with van der Waals surface area (Å²) in [5.41, 5.74) is 1.52. The van der Waals surface area contributed by atoms with Gasteiger partial charge in [-0.1, -0.05) is 13.3 Å². The Bertz CT molecular complexity index is 391. The van der Waals surface area contributed by atoms with Crippen molar-refractivity contribution in [1.29, 1.82) is 0 Å². The van der Waals surface area contributed by atoms with Gasteiger partial charge in [0.2, 0.25) is 0 Å². The molecule has 0 aliphatic carbocycles. The molecule has 0 radical (unpaired) electrons. The van der Waals surface area contributed by atoms with Crippen LogP contribution in [0, 0.1) is 0 Å². The van der Waals surface area contributed by atoms with E-state index in [9.17, 15) is 4.79 Å². The smallest absolute Gasteiger partial charge is 0.251 e. The summed E-state index contributed by atoms with van der Waals surface area (Å²) < 4.78 is 10.8. The molecule has 0 spiro atoms. The number of amides is 1. The average molecular weight is 251 g/mol. The van der Waals surface area contributed by atoms with Gasteiger partial charge in [-0.15, -0.1) is 0 Å². The van der Waals surface area contributed by atoms with Gasteiger partial charge >= 0.3 is 0 Å². The third kappa shape index (κ3) is 4.04. The highest BCUT2D eigenvalue weighted by Crippen LogP contribution is 2.21. The maximum atomic E-state index is 11.5. The fraction of sp³-hybridized carbons (Fsp3) is 0.500. The number of carbonyl (C=O) groups excluding carboxylic acids is 1. The van der Waals surface area contributed by atoms with Gasteiger partial charge < -0.3 is 14.8 Å². The summed E-state index contributed by atoms with van der Waals surface area (Å²) in [4.78, 5) is 11.5. The number of methoxy groups -OCH3 is 1. The molecular formula is C14H21NO3. The molecule has 4 heteroatoms. The molecule has 1 amide bonds. The third-order valence-electron chi connectivity index (χ3n) is 2.67. The lowest BCUT2D eigenvalue weighted by molar-refractivity contribution is 0.0962. The van der Waals surface area contributed by atoms with Crippen LogP contribution in [0.2, 0.25) is 0 Å².